The van der Waals surface area contributed by atoms with E-state index in [1.165, 1.54) is 4.90 Å². The van der Waals surface area contributed by atoms with Crippen LogP contribution in [0, 0.1) is 0 Å². The number of esters is 1. The fourth-order valence-electron chi connectivity index (χ4n) is 3.13. The Kier molecular flexibility index (Phi) is 5.68. The Bertz CT molecular complexity index is 660. The zero-order valence-electron chi connectivity index (χ0n) is 17.0. The molecule has 7 nitrogen and oxygen atoms in total. The summed E-state index contributed by atoms with van der Waals surface area (Å²) in [6.45, 7) is 14.2. The van der Waals surface area contributed by atoms with Crippen molar-refractivity contribution in [2.75, 3.05) is 11.4 Å². The summed E-state index contributed by atoms with van der Waals surface area (Å²) in [5.74, 6) is 0.707. The third-order valence-electron chi connectivity index (χ3n) is 4.70. The van der Waals surface area contributed by atoms with Gasteiger partial charge in [0.05, 0.1) is 6.54 Å². The van der Waals surface area contributed by atoms with E-state index in [-0.39, 0.29) is 29.4 Å². The molecule has 0 radical (unpaired) electrons. The molecule has 2 amide bonds. The number of carbonyl (C=O) groups excluding carboxylic acids is 2. The van der Waals surface area contributed by atoms with Crippen molar-refractivity contribution in [3.8, 4) is 0 Å². The van der Waals surface area contributed by atoms with E-state index in [9.17, 15) is 9.59 Å². The zero-order valence-corrected chi connectivity index (χ0v) is 17.0. The molecule has 1 aromatic heterocycles. The fraction of sp³-hybridized carbons (Fsp3) is 0.737. The summed E-state index contributed by atoms with van der Waals surface area (Å²) in [7, 11) is 0. The summed E-state index contributed by atoms with van der Waals surface area (Å²) in [5, 5.41) is 4.07. The molecule has 0 aliphatic carbocycles. The normalized spacial score (nSPS) is 18.6. The predicted octanol–water partition coefficient (Wildman–Crippen LogP) is 4.07. The van der Waals surface area contributed by atoms with Crippen LogP contribution < -0.4 is 4.90 Å². The third-order valence-corrected chi connectivity index (χ3v) is 4.70. The summed E-state index contributed by atoms with van der Waals surface area (Å²) >= 11 is 0. The molecule has 1 aromatic rings. The average molecular weight is 365 g/mol. The first-order chi connectivity index (χ1) is 12.0. The Labute approximate surface area is 155 Å². The number of ether oxygens (including phenoxy) is 1. The molecule has 0 aromatic carbocycles. The molecule has 7 heteroatoms. The number of urea groups is 1. The van der Waals surface area contributed by atoms with Gasteiger partial charge in [-0.1, -0.05) is 46.2 Å². The van der Waals surface area contributed by atoms with Gasteiger partial charge in [0, 0.05) is 23.4 Å². The van der Waals surface area contributed by atoms with Gasteiger partial charge in [0.1, 0.15) is 5.76 Å². The van der Waals surface area contributed by atoms with Gasteiger partial charge in [-0.3, -0.25) is 4.79 Å². The highest BCUT2D eigenvalue weighted by Crippen LogP contribution is 2.34. The lowest BCUT2D eigenvalue weighted by atomic mass is 9.93. The first-order valence-electron chi connectivity index (χ1n) is 9.28. The number of carbonyl (C=O) groups is 2. The molecular formula is C19H31N3O4. The topological polar surface area (TPSA) is 75.9 Å². The standard InChI is InChI=1S/C19H31N3O4/c1-8-10-19(6,7)21-12-15(25-16(23)9-2)22(17(21)24)14-11-13(26-20-14)18(3,4)5/h11,15H,8-10,12H2,1-7H3. The summed E-state index contributed by atoms with van der Waals surface area (Å²) in [5.41, 5.74) is -0.571. The second kappa shape index (κ2) is 7.29. The van der Waals surface area contributed by atoms with Crippen molar-refractivity contribution >= 4 is 17.8 Å². The molecule has 26 heavy (non-hydrogen) atoms. The average Bonchev–Trinajstić information content (AvgIpc) is 3.12. The van der Waals surface area contributed by atoms with Crippen molar-refractivity contribution < 1.29 is 18.8 Å². The lowest BCUT2D eigenvalue weighted by Gasteiger charge is -2.34. The van der Waals surface area contributed by atoms with E-state index in [1.807, 2.05) is 34.6 Å². The number of hydrogen-bond donors (Lipinski definition) is 0. The van der Waals surface area contributed by atoms with E-state index < -0.39 is 6.23 Å². The molecule has 146 valence electrons. The third kappa shape index (κ3) is 4.02. The Morgan fingerprint density at radius 2 is 1.96 bits per heavy atom. The van der Waals surface area contributed by atoms with Crippen molar-refractivity contribution in [2.45, 2.75) is 84.9 Å². The van der Waals surface area contributed by atoms with Crippen LogP contribution in [0.1, 0.15) is 73.5 Å². The van der Waals surface area contributed by atoms with Crippen molar-refractivity contribution in [1.29, 1.82) is 0 Å². The first-order valence-corrected chi connectivity index (χ1v) is 9.28. The number of aromatic nitrogens is 1. The Morgan fingerprint density at radius 3 is 2.46 bits per heavy atom. The molecule has 2 rings (SSSR count). The van der Waals surface area contributed by atoms with Crippen LogP contribution >= 0.6 is 0 Å². The van der Waals surface area contributed by atoms with Gasteiger partial charge in [0.15, 0.2) is 5.82 Å². The molecule has 1 atom stereocenters. The molecule has 2 heterocycles. The minimum atomic E-state index is -0.705. The van der Waals surface area contributed by atoms with Crippen LogP contribution in [0.15, 0.2) is 10.6 Å². The van der Waals surface area contributed by atoms with Gasteiger partial charge in [-0.05, 0) is 20.3 Å². The first kappa shape index (κ1) is 20.3. The summed E-state index contributed by atoms with van der Waals surface area (Å²) in [4.78, 5) is 28.2. The molecule has 0 saturated carbocycles. The van der Waals surface area contributed by atoms with Gasteiger partial charge in [0.2, 0.25) is 6.23 Å². The summed E-state index contributed by atoms with van der Waals surface area (Å²) in [6, 6.07) is 1.53. The van der Waals surface area contributed by atoms with E-state index in [1.54, 1.807) is 17.9 Å². The fourth-order valence-corrected chi connectivity index (χ4v) is 3.13. The molecule has 0 N–H and O–H groups in total. The van der Waals surface area contributed by atoms with E-state index in [0.29, 0.717) is 18.1 Å². The lowest BCUT2D eigenvalue weighted by molar-refractivity contribution is -0.148. The number of anilines is 1. The van der Waals surface area contributed by atoms with Crippen molar-refractivity contribution in [3.63, 3.8) is 0 Å². The highest BCUT2D eigenvalue weighted by atomic mass is 16.6. The molecule has 0 bridgehead atoms. The highest BCUT2D eigenvalue weighted by molar-refractivity contribution is 5.94. The second-order valence-electron chi connectivity index (χ2n) is 8.42. The Morgan fingerprint density at radius 1 is 1.31 bits per heavy atom. The number of hydrogen-bond acceptors (Lipinski definition) is 5. The van der Waals surface area contributed by atoms with E-state index in [0.717, 1.165) is 12.8 Å². The smallest absolute Gasteiger partial charge is 0.329 e. The molecule has 0 spiro atoms. The monoisotopic (exact) mass is 365 g/mol. The molecule has 1 aliphatic heterocycles. The second-order valence-corrected chi connectivity index (χ2v) is 8.42. The van der Waals surface area contributed by atoms with Crippen LogP contribution in [0.5, 0.6) is 0 Å². The molecule has 1 aliphatic rings. The Balaban J connectivity index is 2.37. The van der Waals surface area contributed by atoms with Crippen LogP contribution in [-0.2, 0) is 14.9 Å². The number of nitrogens with zero attached hydrogens (tertiary/aromatic N) is 3. The minimum Gasteiger partial charge on any atom is -0.439 e. The van der Waals surface area contributed by atoms with Gasteiger partial charge in [0.25, 0.3) is 0 Å². The Hall–Kier alpha value is -2.05. The van der Waals surface area contributed by atoms with Crippen LogP contribution in [0.3, 0.4) is 0 Å². The maximum atomic E-state index is 13.1. The maximum absolute atomic E-state index is 13.1. The number of rotatable bonds is 6. The van der Waals surface area contributed by atoms with Gasteiger partial charge in [-0.2, -0.15) is 0 Å². The van der Waals surface area contributed by atoms with Gasteiger partial charge >= 0.3 is 12.0 Å². The quantitative estimate of drug-likeness (QED) is 0.710. The molecular weight excluding hydrogens is 334 g/mol. The predicted molar refractivity (Wildman–Crippen MR) is 98.9 cm³/mol. The summed E-state index contributed by atoms with van der Waals surface area (Å²) in [6.07, 6.45) is 1.36. The van der Waals surface area contributed by atoms with Crippen LogP contribution in [0.25, 0.3) is 0 Å². The van der Waals surface area contributed by atoms with Crippen LogP contribution in [0.4, 0.5) is 10.6 Å². The van der Waals surface area contributed by atoms with Gasteiger partial charge in [-0.25, -0.2) is 9.69 Å². The van der Waals surface area contributed by atoms with Crippen molar-refractivity contribution in [2.24, 2.45) is 0 Å². The maximum Gasteiger partial charge on any atom is 0.329 e. The molecule has 1 fully saturated rings. The number of amides is 2. The van der Waals surface area contributed by atoms with Crippen LogP contribution in [-0.4, -0.2) is 40.4 Å². The van der Waals surface area contributed by atoms with Crippen molar-refractivity contribution in [1.82, 2.24) is 10.1 Å². The highest BCUT2D eigenvalue weighted by Gasteiger charge is 2.47. The van der Waals surface area contributed by atoms with Gasteiger partial charge < -0.3 is 14.2 Å². The molecule has 1 saturated heterocycles. The van der Waals surface area contributed by atoms with Gasteiger partial charge in [-0.15, -0.1) is 0 Å². The summed E-state index contributed by atoms with van der Waals surface area (Å²) < 4.78 is 11.0. The van der Waals surface area contributed by atoms with Crippen molar-refractivity contribution in [3.05, 3.63) is 11.8 Å². The zero-order chi connectivity index (χ0) is 19.7. The minimum absolute atomic E-state index is 0.217. The SMILES string of the molecule is CCCC(C)(C)N1CC(OC(=O)CC)N(c2cc(C(C)(C)C)on2)C1=O. The van der Waals surface area contributed by atoms with E-state index in [2.05, 4.69) is 12.1 Å². The largest absolute Gasteiger partial charge is 0.439 e. The van der Waals surface area contributed by atoms with Crippen LogP contribution in [0.2, 0.25) is 0 Å². The molecule has 1 unspecified atom stereocenters. The lowest BCUT2D eigenvalue weighted by Crippen LogP contribution is -2.46. The van der Waals surface area contributed by atoms with E-state index >= 15 is 0 Å². The van der Waals surface area contributed by atoms with E-state index in [4.69, 9.17) is 9.26 Å².